The van der Waals surface area contributed by atoms with Crippen LogP contribution in [0.4, 0.5) is 0 Å². The second-order valence-corrected chi connectivity index (χ2v) is 7.17. The van der Waals surface area contributed by atoms with Crippen LogP contribution < -0.4 is 15.1 Å². The highest BCUT2D eigenvalue weighted by Crippen LogP contribution is 2.31. The number of nitriles is 1. The van der Waals surface area contributed by atoms with Crippen molar-refractivity contribution in [2.45, 2.75) is 0 Å². The Balaban J connectivity index is 1.72. The van der Waals surface area contributed by atoms with E-state index in [1.807, 2.05) is 24.3 Å². The van der Waals surface area contributed by atoms with Gasteiger partial charge in [-0.3, -0.25) is 0 Å². The number of fused-ring (bicyclic) bond motifs is 1. The molecule has 0 saturated heterocycles. The van der Waals surface area contributed by atoms with Gasteiger partial charge < -0.3 is 13.9 Å². The van der Waals surface area contributed by atoms with E-state index in [9.17, 15) is 10.1 Å². The normalized spacial score (nSPS) is 11.3. The predicted octanol–water partition coefficient (Wildman–Crippen LogP) is 5.00. The molecule has 2 aromatic carbocycles. The second kappa shape index (κ2) is 8.23. The predicted molar refractivity (Wildman–Crippen MR) is 117 cm³/mol. The van der Waals surface area contributed by atoms with Crippen LogP contribution in [0, 0.1) is 11.3 Å². The summed E-state index contributed by atoms with van der Waals surface area (Å²) in [7, 11) is 3.12. The Morgan fingerprint density at radius 2 is 1.93 bits per heavy atom. The van der Waals surface area contributed by atoms with E-state index in [1.54, 1.807) is 49.9 Å². The lowest BCUT2D eigenvalue weighted by Crippen LogP contribution is -2.02. The van der Waals surface area contributed by atoms with Gasteiger partial charge in [-0.25, -0.2) is 9.78 Å². The lowest BCUT2D eigenvalue weighted by Gasteiger charge is -2.07. The molecular formula is C23H16N2O4S. The minimum Gasteiger partial charge on any atom is -0.493 e. The van der Waals surface area contributed by atoms with Crippen molar-refractivity contribution in [3.05, 3.63) is 74.9 Å². The van der Waals surface area contributed by atoms with Crippen LogP contribution in [0.15, 0.2) is 63.1 Å². The molecule has 7 heteroatoms. The van der Waals surface area contributed by atoms with Crippen molar-refractivity contribution in [1.82, 2.24) is 4.98 Å². The number of rotatable bonds is 5. The lowest BCUT2D eigenvalue weighted by atomic mass is 10.1. The van der Waals surface area contributed by atoms with E-state index in [2.05, 4.69) is 11.1 Å². The Labute approximate surface area is 176 Å². The van der Waals surface area contributed by atoms with E-state index in [0.29, 0.717) is 38.9 Å². The van der Waals surface area contributed by atoms with Gasteiger partial charge in [0.15, 0.2) is 11.5 Å². The van der Waals surface area contributed by atoms with Crippen molar-refractivity contribution in [3.8, 4) is 28.8 Å². The summed E-state index contributed by atoms with van der Waals surface area (Å²) >= 11 is 1.29. The average molecular weight is 416 g/mol. The minimum atomic E-state index is -0.465. The highest BCUT2D eigenvalue weighted by Gasteiger charge is 2.14. The summed E-state index contributed by atoms with van der Waals surface area (Å²) < 4.78 is 15.9. The first-order chi connectivity index (χ1) is 14.6. The molecule has 148 valence electrons. The summed E-state index contributed by atoms with van der Waals surface area (Å²) in [5, 5.41) is 12.7. The smallest absolute Gasteiger partial charge is 0.345 e. The van der Waals surface area contributed by atoms with E-state index in [-0.39, 0.29) is 0 Å². The van der Waals surface area contributed by atoms with Crippen molar-refractivity contribution in [1.29, 1.82) is 5.26 Å². The number of benzene rings is 2. The minimum absolute atomic E-state index is 0.361. The zero-order valence-electron chi connectivity index (χ0n) is 16.2. The molecule has 2 heterocycles. The van der Waals surface area contributed by atoms with Crippen molar-refractivity contribution in [2.24, 2.45) is 0 Å². The van der Waals surface area contributed by atoms with Gasteiger partial charge in [-0.05, 0) is 35.9 Å². The molecule has 0 bridgehead atoms. The van der Waals surface area contributed by atoms with E-state index in [0.717, 1.165) is 10.9 Å². The first-order valence-corrected chi connectivity index (χ1v) is 9.84. The third-order valence-electron chi connectivity index (χ3n) is 4.49. The van der Waals surface area contributed by atoms with E-state index in [1.165, 1.54) is 11.3 Å². The molecule has 0 atom stereocenters. The van der Waals surface area contributed by atoms with Gasteiger partial charge in [0.2, 0.25) is 0 Å². The van der Waals surface area contributed by atoms with Crippen molar-refractivity contribution in [2.75, 3.05) is 14.2 Å². The summed E-state index contributed by atoms with van der Waals surface area (Å²) in [6.07, 6.45) is 1.72. The van der Waals surface area contributed by atoms with Crippen molar-refractivity contribution in [3.63, 3.8) is 0 Å². The van der Waals surface area contributed by atoms with E-state index in [4.69, 9.17) is 13.9 Å². The fourth-order valence-corrected chi connectivity index (χ4v) is 3.80. The summed E-state index contributed by atoms with van der Waals surface area (Å²) in [4.78, 5) is 16.9. The molecule has 0 radical (unpaired) electrons. The Morgan fingerprint density at radius 1 is 1.13 bits per heavy atom. The van der Waals surface area contributed by atoms with Gasteiger partial charge in [-0.1, -0.05) is 24.3 Å². The zero-order valence-corrected chi connectivity index (χ0v) is 17.0. The number of methoxy groups -OCH3 is 2. The third-order valence-corrected chi connectivity index (χ3v) is 5.37. The fourth-order valence-electron chi connectivity index (χ4n) is 3.01. The standard InChI is InChI=1S/C23H16N2O4S/c1-27-20-8-7-14(10-21(20)28-2)9-16(12-24)22-25-18(13-30-22)17-11-15-5-3-4-6-19(15)29-23(17)26/h3-11,13H,1-2H3/b16-9+. The van der Waals surface area contributed by atoms with Crippen LogP contribution >= 0.6 is 11.3 Å². The van der Waals surface area contributed by atoms with Crippen molar-refractivity contribution < 1.29 is 13.9 Å². The Bertz CT molecular complexity index is 1360. The summed E-state index contributed by atoms with van der Waals surface area (Å²) in [5.41, 5.74) is 2.04. The Kier molecular flexibility index (Phi) is 5.33. The number of thiazole rings is 1. The molecule has 0 unspecified atom stereocenters. The number of nitrogens with zero attached hydrogens (tertiary/aromatic N) is 2. The third kappa shape index (κ3) is 3.69. The maximum absolute atomic E-state index is 12.4. The molecule has 0 saturated carbocycles. The van der Waals surface area contributed by atoms with Gasteiger partial charge in [0, 0.05) is 10.8 Å². The SMILES string of the molecule is COc1ccc(/C=C(\C#N)c2nc(-c3cc4ccccc4oc3=O)cs2)cc1OC. The lowest BCUT2D eigenvalue weighted by molar-refractivity contribution is 0.355. The summed E-state index contributed by atoms with van der Waals surface area (Å²) in [6, 6.07) is 16.6. The number of para-hydroxylation sites is 1. The van der Waals surface area contributed by atoms with Crippen LogP contribution in [-0.4, -0.2) is 19.2 Å². The molecule has 0 aliphatic heterocycles. The molecule has 0 aliphatic carbocycles. The molecule has 6 nitrogen and oxygen atoms in total. The Morgan fingerprint density at radius 3 is 2.70 bits per heavy atom. The molecule has 0 spiro atoms. The molecule has 4 aromatic rings. The van der Waals surface area contributed by atoms with E-state index < -0.39 is 5.63 Å². The van der Waals surface area contributed by atoms with Gasteiger partial charge in [-0.2, -0.15) is 5.26 Å². The number of allylic oxidation sites excluding steroid dienone is 1. The van der Waals surface area contributed by atoms with Gasteiger partial charge in [0.25, 0.3) is 0 Å². The molecule has 30 heavy (non-hydrogen) atoms. The van der Waals surface area contributed by atoms with Crippen LogP contribution in [0.3, 0.4) is 0 Å². The average Bonchev–Trinajstić information content (AvgIpc) is 3.26. The zero-order chi connectivity index (χ0) is 21.1. The molecule has 0 N–H and O–H groups in total. The first-order valence-electron chi connectivity index (χ1n) is 8.96. The molecule has 0 aliphatic rings. The molecule has 2 aromatic heterocycles. The van der Waals surface area contributed by atoms with Crippen LogP contribution in [0.25, 0.3) is 33.9 Å². The second-order valence-electron chi connectivity index (χ2n) is 6.31. The monoisotopic (exact) mass is 416 g/mol. The van der Waals surface area contributed by atoms with Crippen molar-refractivity contribution >= 4 is 34.0 Å². The quantitative estimate of drug-likeness (QED) is 0.336. The highest BCUT2D eigenvalue weighted by atomic mass is 32.1. The van der Waals surface area contributed by atoms with Gasteiger partial charge >= 0.3 is 5.63 Å². The molecule has 0 amide bonds. The Hall–Kier alpha value is -3.89. The van der Waals surface area contributed by atoms with E-state index >= 15 is 0 Å². The van der Waals surface area contributed by atoms with Crippen LogP contribution in [-0.2, 0) is 0 Å². The maximum atomic E-state index is 12.4. The highest BCUT2D eigenvalue weighted by molar-refractivity contribution is 7.11. The molecular weight excluding hydrogens is 400 g/mol. The largest absolute Gasteiger partial charge is 0.493 e. The summed E-state index contributed by atoms with van der Waals surface area (Å²) in [6.45, 7) is 0. The fraction of sp³-hybridized carbons (Fsp3) is 0.0870. The first kappa shape index (κ1) is 19.4. The number of aromatic nitrogens is 1. The number of hydrogen-bond acceptors (Lipinski definition) is 7. The number of hydrogen-bond donors (Lipinski definition) is 0. The maximum Gasteiger partial charge on any atom is 0.345 e. The molecule has 0 fully saturated rings. The van der Waals surface area contributed by atoms with Gasteiger partial charge in [-0.15, -0.1) is 11.3 Å². The van der Waals surface area contributed by atoms with Crippen LogP contribution in [0.5, 0.6) is 11.5 Å². The summed E-state index contributed by atoms with van der Waals surface area (Å²) in [5.74, 6) is 1.17. The topological polar surface area (TPSA) is 85.4 Å². The van der Waals surface area contributed by atoms with Crippen LogP contribution in [0.1, 0.15) is 10.6 Å². The van der Waals surface area contributed by atoms with Crippen LogP contribution in [0.2, 0.25) is 0 Å². The molecule has 4 rings (SSSR count). The van der Waals surface area contributed by atoms with Gasteiger partial charge in [0.1, 0.15) is 16.7 Å². The number of ether oxygens (including phenoxy) is 2. The van der Waals surface area contributed by atoms with Gasteiger partial charge in [0.05, 0.1) is 31.1 Å².